The Hall–Kier alpha value is -2.77. The van der Waals surface area contributed by atoms with Crippen LogP contribution in [0.2, 0.25) is 0 Å². The Morgan fingerprint density at radius 1 is 1.05 bits per heavy atom. The smallest absolute Gasteiger partial charge is 0.325 e. The van der Waals surface area contributed by atoms with Gasteiger partial charge in [-0.2, -0.15) is 0 Å². The van der Waals surface area contributed by atoms with Crippen molar-refractivity contribution in [1.82, 2.24) is 4.90 Å². The van der Waals surface area contributed by atoms with Gasteiger partial charge in [-0.25, -0.2) is 4.79 Å². The van der Waals surface area contributed by atoms with Crippen LogP contribution in [-0.4, -0.2) is 50.2 Å². The molecule has 0 fully saturated rings. The van der Waals surface area contributed by atoms with Crippen molar-refractivity contribution in [3.8, 4) is 0 Å². The van der Waals surface area contributed by atoms with Crippen molar-refractivity contribution in [2.24, 2.45) is 0 Å². The second kappa shape index (κ2) is 7.73. The molecule has 0 atom stereocenters. The molecule has 0 aliphatic heterocycles. The first kappa shape index (κ1) is 16.3. The third-order valence-corrected chi connectivity index (χ3v) is 2.54. The van der Waals surface area contributed by atoms with Crippen molar-refractivity contribution in [3.63, 3.8) is 0 Å². The maximum absolute atomic E-state index is 12.1. The fourth-order valence-electron chi connectivity index (χ4n) is 1.41. The van der Waals surface area contributed by atoms with Crippen LogP contribution in [0.1, 0.15) is 0 Å². The number of esters is 2. The highest BCUT2D eigenvalue weighted by atomic mass is 16.5. The number of anilines is 2. The van der Waals surface area contributed by atoms with Crippen LogP contribution in [0.15, 0.2) is 24.3 Å². The number of carbonyl (C=O) groups excluding carboxylic acids is 3. The van der Waals surface area contributed by atoms with Crippen molar-refractivity contribution < 1.29 is 23.9 Å². The van der Waals surface area contributed by atoms with Crippen LogP contribution in [0.25, 0.3) is 0 Å². The number of urea groups is 1. The summed E-state index contributed by atoms with van der Waals surface area (Å²) in [5.74, 6) is -1.29. The number of nitrogens with zero attached hydrogens (tertiary/aromatic N) is 1. The first-order chi connectivity index (χ1) is 9.96. The summed E-state index contributed by atoms with van der Waals surface area (Å²) >= 11 is 0. The number of hydrogen-bond acceptors (Lipinski definition) is 6. The predicted molar refractivity (Wildman–Crippen MR) is 75.5 cm³/mol. The monoisotopic (exact) mass is 295 g/mol. The lowest BCUT2D eigenvalue weighted by molar-refractivity contribution is -0.144. The molecule has 8 heteroatoms. The van der Waals surface area contributed by atoms with Gasteiger partial charge in [0.05, 0.1) is 14.2 Å². The molecular weight excluding hydrogens is 278 g/mol. The van der Waals surface area contributed by atoms with Crippen molar-refractivity contribution >= 4 is 29.3 Å². The number of hydrogen-bond donors (Lipinski definition) is 2. The first-order valence-electron chi connectivity index (χ1n) is 6.01. The quantitative estimate of drug-likeness (QED) is 0.602. The molecule has 0 heterocycles. The first-order valence-corrected chi connectivity index (χ1v) is 6.01. The summed E-state index contributed by atoms with van der Waals surface area (Å²) in [6, 6.07) is 5.79. The number of nitrogens with two attached hydrogens (primary N) is 1. The number of benzene rings is 1. The topological polar surface area (TPSA) is 111 Å². The lowest BCUT2D eigenvalue weighted by Crippen LogP contribution is -2.42. The van der Waals surface area contributed by atoms with E-state index in [1.165, 1.54) is 14.2 Å². The van der Waals surface area contributed by atoms with Crippen LogP contribution in [0.4, 0.5) is 16.2 Å². The standard InChI is InChI=1S/C13H17N3O5/c1-20-11(17)7-16(8-12(18)21-2)13(19)15-10-5-3-9(14)4-6-10/h3-6H,7-8,14H2,1-2H3,(H,15,19). The van der Waals surface area contributed by atoms with Crippen LogP contribution < -0.4 is 11.1 Å². The molecule has 0 unspecified atom stereocenters. The lowest BCUT2D eigenvalue weighted by atomic mass is 10.3. The van der Waals surface area contributed by atoms with E-state index in [9.17, 15) is 14.4 Å². The Kier molecular flexibility index (Phi) is 5.99. The molecule has 0 saturated heterocycles. The molecule has 0 bridgehead atoms. The van der Waals surface area contributed by atoms with Crippen molar-refractivity contribution in [1.29, 1.82) is 0 Å². The highest BCUT2D eigenvalue weighted by molar-refractivity contribution is 5.93. The minimum atomic E-state index is -0.647. The second-order valence-corrected chi connectivity index (χ2v) is 4.06. The van der Waals surface area contributed by atoms with E-state index in [0.29, 0.717) is 11.4 Å². The average molecular weight is 295 g/mol. The number of rotatable bonds is 5. The van der Waals surface area contributed by atoms with Crippen LogP contribution in [0, 0.1) is 0 Å². The Balaban J connectivity index is 2.75. The van der Waals surface area contributed by atoms with Gasteiger partial charge in [0.2, 0.25) is 0 Å². The van der Waals surface area contributed by atoms with Gasteiger partial charge in [0.25, 0.3) is 0 Å². The number of amides is 2. The number of carbonyl (C=O) groups is 3. The van der Waals surface area contributed by atoms with Gasteiger partial charge < -0.3 is 25.4 Å². The van der Waals surface area contributed by atoms with Crippen LogP contribution in [0.5, 0.6) is 0 Å². The van der Waals surface area contributed by atoms with E-state index in [1.807, 2.05) is 0 Å². The van der Waals surface area contributed by atoms with E-state index >= 15 is 0 Å². The number of nitrogen functional groups attached to an aromatic ring is 1. The van der Waals surface area contributed by atoms with Gasteiger partial charge in [0, 0.05) is 11.4 Å². The van der Waals surface area contributed by atoms with Gasteiger partial charge in [-0.1, -0.05) is 0 Å². The minimum absolute atomic E-state index is 0.369. The molecule has 0 aromatic heterocycles. The summed E-state index contributed by atoms with van der Waals surface area (Å²) in [6.45, 7) is -0.737. The van der Waals surface area contributed by atoms with E-state index in [4.69, 9.17) is 5.73 Å². The van der Waals surface area contributed by atoms with Gasteiger partial charge in [-0.3, -0.25) is 9.59 Å². The zero-order chi connectivity index (χ0) is 15.8. The molecule has 3 N–H and O–H groups in total. The maximum Gasteiger partial charge on any atom is 0.325 e. The van der Waals surface area contributed by atoms with E-state index in [0.717, 1.165) is 4.90 Å². The Labute approximate surface area is 121 Å². The molecule has 1 rings (SSSR count). The van der Waals surface area contributed by atoms with Crippen LogP contribution in [-0.2, 0) is 19.1 Å². The second-order valence-electron chi connectivity index (χ2n) is 4.06. The summed E-state index contributed by atoms with van der Waals surface area (Å²) in [5.41, 5.74) is 6.57. The Bertz CT molecular complexity index is 497. The van der Waals surface area contributed by atoms with Crippen molar-refractivity contribution in [3.05, 3.63) is 24.3 Å². The molecule has 114 valence electrons. The maximum atomic E-state index is 12.1. The molecule has 1 aromatic rings. The highest BCUT2D eigenvalue weighted by Gasteiger charge is 2.21. The zero-order valence-electron chi connectivity index (χ0n) is 11.8. The molecule has 0 aliphatic carbocycles. The summed E-state index contributed by atoms with van der Waals surface area (Å²) in [7, 11) is 2.38. The summed E-state index contributed by atoms with van der Waals surface area (Å²) < 4.78 is 8.97. The average Bonchev–Trinajstić information content (AvgIpc) is 2.48. The fourth-order valence-corrected chi connectivity index (χ4v) is 1.41. The predicted octanol–water partition coefficient (Wildman–Crippen LogP) is 0.449. The van der Waals surface area contributed by atoms with Crippen LogP contribution >= 0.6 is 0 Å². The molecule has 0 radical (unpaired) electrons. The van der Waals surface area contributed by atoms with Crippen molar-refractivity contribution in [2.45, 2.75) is 0 Å². The molecule has 0 spiro atoms. The third kappa shape index (κ3) is 5.39. The minimum Gasteiger partial charge on any atom is -0.468 e. The summed E-state index contributed by atoms with van der Waals surface area (Å²) in [5, 5.41) is 2.54. The largest absolute Gasteiger partial charge is 0.468 e. The van der Waals surface area contributed by atoms with Gasteiger partial charge >= 0.3 is 18.0 Å². The molecular formula is C13H17N3O5. The zero-order valence-corrected chi connectivity index (χ0v) is 11.8. The van der Waals surface area contributed by atoms with E-state index in [2.05, 4.69) is 14.8 Å². The van der Waals surface area contributed by atoms with E-state index < -0.39 is 18.0 Å². The van der Waals surface area contributed by atoms with Gasteiger partial charge in [-0.15, -0.1) is 0 Å². The van der Waals surface area contributed by atoms with Gasteiger partial charge in [-0.05, 0) is 24.3 Å². The molecule has 0 saturated carbocycles. The van der Waals surface area contributed by atoms with E-state index in [-0.39, 0.29) is 13.1 Å². The highest BCUT2D eigenvalue weighted by Crippen LogP contribution is 2.11. The van der Waals surface area contributed by atoms with Gasteiger partial charge in [0.15, 0.2) is 0 Å². The molecule has 2 amide bonds. The normalized spacial score (nSPS) is 9.62. The number of methoxy groups -OCH3 is 2. The lowest BCUT2D eigenvalue weighted by Gasteiger charge is -2.20. The molecule has 8 nitrogen and oxygen atoms in total. The SMILES string of the molecule is COC(=O)CN(CC(=O)OC)C(=O)Nc1ccc(N)cc1. The molecule has 21 heavy (non-hydrogen) atoms. The Morgan fingerprint density at radius 2 is 1.52 bits per heavy atom. The molecule has 1 aromatic carbocycles. The number of nitrogens with one attached hydrogen (secondary N) is 1. The van der Waals surface area contributed by atoms with Crippen LogP contribution in [0.3, 0.4) is 0 Å². The van der Waals surface area contributed by atoms with Crippen molar-refractivity contribution in [2.75, 3.05) is 38.4 Å². The van der Waals surface area contributed by atoms with Gasteiger partial charge in [0.1, 0.15) is 13.1 Å². The third-order valence-electron chi connectivity index (χ3n) is 2.54. The number of ether oxygens (including phenoxy) is 2. The molecule has 0 aliphatic rings. The summed E-state index contributed by atoms with van der Waals surface area (Å²) in [4.78, 5) is 35.6. The fraction of sp³-hybridized carbons (Fsp3) is 0.308. The Morgan fingerprint density at radius 3 is 1.95 bits per heavy atom. The van der Waals surface area contributed by atoms with E-state index in [1.54, 1.807) is 24.3 Å². The summed E-state index contributed by atoms with van der Waals surface area (Å²) in [6.07, 6.45) is 0.